The Morgan fingerprint density at radius 1 is 1.40 bits per heavy atom. The highest BCUT2D eigenvalue weighted by atomic mass is 32.1. The molecule has 20 heavy (non-hydrogen) atoms. The number of anilines is 1. The molecular formula is C13H21N3O3S. The molecule has 0 radical (unpaired) electrons. The largest absolute Gasteiger partial charge is 0.444 e. The fourth-order valence-corrected chi connectivity index (χ4v) is 2.36. The van der Waals surface area contributed by atoms with Gasteiger partial charge in [0, 0.05) is 27.3 Å². The van der Waals surface area contributed by atoms with Crippen LogP contribution < -0.4 is 4.90 Å². The Morgan fingerprint density at radius 3 is 2.40 bits per heavy atom. The van der Waals surface area contributed by atoms with E-state index in [1.807, 2.05) is 19.0 Å². The summed E-state index contributed by atoms with van der Waals surface area (Å²) in [5, 5.41) is 0.782. The van der Waals surface area contributed by atoms with Gasteiger partial charge in [0.2, 0.25) is 0 Å². The van der Waals surface area contributed by atoms with Gasteiger partial charge in [0.1, 0.15) is 17.9 Å². The van der Waals surface area contributed by atoms with Crippen molar-refractivity contribution in [2.75, 3.05) is 26.0 Å². The number of amides is 1. The van der Waals surface area contributed by atoms with Crippen molar-refractivity contribution in [1.82, 2.24) is 9.88 Å². The molecule has 6 nitrogen and oxygen atoms in total. The molecule has 0 N–H and O–H groups in total. The first-order valence-electron chi connectivity index (χ1n) is 6.20. The quantitative estimate of drug-likeness (QED) is 0.798. The molecule has 0 aromatic carbocycles. The van der Waals surface area contributed by atoms with Crippen LogP contribution in [0.2, 0.25) is 0 Å². The Hall–Kier alpha value is -1.63. The number of nitrogens with zero attached hydrogens (tertiary/aromatic N) is 3. The number of hydrogen-bond donors (Lipinski definition) is 0. The number of aldehydes is 1. The number of thiazole rings is 1. The molecule has 1 heterocycles. The number of aromatic nitrogens is 1. The van der Waals surface area contributed by atoms with E-state index in [2.05, 4.69) is 4.98 Å². The summed E-state index contributed by atoms with van der Waals surface area (Å²) in [6.07, 6.45) is 1.80. The molecule has 0 aliphatic rings. The Balaban J connectivity index is 2.89. The van der Waals surface area contributed by atoms with Gasteiger partial charge in [-0.25, -0.2) is 9.78 Å². The minimum atomic E-state index is -0.684. The van der Waals surface area contributed by atoms with Crippen molar-refractivity contribution in [2.24, 2.45) is 0 Å². The summed E-state index contributed by atoms with van der Waals surface area (Å²) in [5.74, 6) is 0. The average molecular weight is 299 g/mol. The SMILES string of the molecule is CN(C)c1ncc(C(C=O)N(C)C(=O)OC(C)(C)C)s1. The topological polar surface area (TPSA) is 62.7 Å². The summed E-state index contributed by atoms with van der Waals surface area (Å²) >= 11 is 1.37. The van der Waals surface area contributed by atoms with Gasteiger partial charge in [-0.05, 0) is 20.8 Å². The third kappa shape index (κ3) is 4.19. The van der Waals surface area contributed by atoms with E-state index in [0.29, 0.717) is 4.88 Å². The second kappa shape index (κ2) is 6.21. The van der Waals surface area contributed by atoms with Crippen LogP contribution >= 0.6 is 11.3 Å². The van der Waals surface area contributed by atoms with E-state index in [9.17, 15) is 9.59 Å². The van der Waals surface area contributed by atoms with Gasteiger partial charge in [0.05, 0.1) is 4.88 Å². The number of likely N-dealkylation sites (N-methyl/N-ethyl adjacent to an activating group) is 1. The van der Waals surface area contributed by atoms with Crippen molar-refractivity contribution in [3.63, 3.8) is 0 Å². The fourth-order valence-electron chi connectivity index (χ4n) is 1.42. The molecule has 0 aliphatic heterocycles. The average Bonchev–Trinajstić information content (AvgIpc) is 2.77. The smallest absolute Gasteiger partial charge is 0.410 e. The molecule has 1 atom stereocenters. The van der Waals surface area contributed by atoms with Crippen LogP contribution in [0.5, 0.6) is 0 Å². The molecule has 1 amide bonds. The van der Waals surface area contributed by atoms with Crippen LogP contribution in [-0.4, -0.2) is 49.0 Å². The van der Waals surface area contributed by atoms with Crippen LogP contribution in [0.4, 0.5) is 9.93 Å². The minimum Gasteiger partial charge on any atom is -0.444 e. The molecule has 0 saturated heterocycles. The molecule has 112 valence electrons. The Labute approximate surface area is 123 Å². The highest BCUT2D eigenvalue weighted by molar-refractivity contribution is 7.15. The predicted octanol–water partition coefficient (Wildman–Crippen LogP) is 2.32. The van der Waals surface area contributed by atoms with E-state index >= 15 is 0 Å². The van der Waals surface area contributed by atoms with Gasteiger partial charge in [-0.1, -0.05) is 11.3 Å². The lowest BCUT2D eigenvalue weighted by molar-refractivity contribution is -0.112. The van der Waals surface area contributed by atoms with E-state index < -0.39 is 17.7 Å². The molecule has 1 unspecified atom stereocenters. The zero-order valence-electron chi connectivity index (χ0n) is 12.7. The third-order valence-corrected chi connectivity index (χ3v) is 3.65. The van der Waals surface area contributed by atoms with Crippen molar-refractivity contribution in [2.45, 2.75) is 32.4 Å². The molecule has 1 aromatic rings. The van der Waals surface area contributed by atoms with E-state index in [4.69, 9.17) is 4.74 Å². The van der Waals surface area contributed by atoms with Gasteiger partial charge in [-0.15, -0.1) is 0 Å². The summed E-state index contributed by atoms with van der Waals surface area (Å²) in [6, 6.07) is -0.684. The molecule has 0 saturated carbocycles. The molecule has 0 spiro atoms. The zero-order chi connectivity index (χ0) is 15.5. The van der Waals surface area contributed by atoms with Crippen LogP contribution in [0.25, 0.3) is 0 Å². The van der Waals surface area contributed by atoms with E-state index in [-0.39, 0.29) is 0 Å². The lowest BCUT2D eigenvalue weighted by Gasteiger charge is -2.27. The lowest BCUT2D eigenvalue weighted by Crippen LogP contribution is -2.37. The van der Waals surface area contributed by atoms with Gasteiger partial charge in [-0.3, -0.25) is 4.90 Å². The van der Waals surface area contributed by atoms with Crippen LogP contribution in [0.15, 0.2) is 6.20 Å². The minimum absolute atomic E-state index is 0.533. The predicted molar refractivity (Wildman–Crippen MR) is 79.2 cm³/mol. The summed E-state index contributed by atoms with van der Waals surface area (Å²) in [6.45, 7) is 5.35. The number of carbonyl (C=O) groups is 2. The normalized spacial score (nSPS) is 12.7. The highest BCUT2D eigenvalue weighted by Crippen LogP contribution is 2.28. The summed E-state index contributed by atoms with van der Waals surface area (Å²) in [4.78, 5) is 31.4. The molecule has 1 aromatic heterocycles. The number of ether oxygens (including phenoxy) is 1. The molecular weight excluding hydrogens is 278 g/mol. The molecule has 0 fully saturated rings. The van der Waals surface area contributed by atoms with Gasteiger partial charge in [0.25, 0.3) is 0 Å². The van der Waals surface area contributed by atoms with Gasteiger partial charge >= 0.3 is 6.09 Å². The number of rotatable bonds is 4. The second-order valence-corrected chi connectivity index (χ2v) is 6.65. The van der Waals surface area contributed by atoms with Gasteiger partial charge in [0.15, 0.2) is 5.13 Å². The van der Waals surface area contributed by atoms with Gasteiger partial charge < -0.3 is 14.4 Å². The van der Waals surface area contributed by atoms with Crippen LogP contribution in [0.3, 0.4) is 0 Å². The van der Waals surface area contributed by atoms with E-state index in [1.54, 1.807) is 34.0 Å². The third-order valence-electron chi connectivity index (χ3n) is 2.41. The number of carbonyl (C=O) groups excluding carboxylic acids is 2. The highest BCUT2D eigenvalue weighted by Gasteiger charge is 2.27. The maximum Gasteiger partial charge on any atom is 0.410 e. The molecule has 1 rings (SSSR count). The molecule has 7 heteroatoms. The monoisotopic (exact) mass is 299 g/mol. The molecule has 0 aliphatic carbocycles. The number of hydrogen-bond acceptors (Lipinski definition) is 6. The van der Waals surface area contributed by atoms with Crippen molar-refractivity contribution in [3.05, 3.63) is 11.1 Å². The Kier molecular flexibility index (Phi) is 5.10. The Bertz CT molecular complexity index is 479. The standard InChI is InChI=1S/C13H21N3O3S/c1-13(2,3)19-12(18)16(6)9(8-17)10-7-14-11(20-10)15(4)5/h7-9H,1-6H3. The van der Waals surface area contributed by atoms with Crippen molar-refractivity contribution in [1.29, 1.82) is 0 Å². The maximum atomic E-state index is 12.0. The van der Waals surface area contributed by atoms with Crippen LogP contribution in [0, 0.1) is 0 Å². The summed E-state index contributed by atoms with van der Waals surface area (Å²) in [5.41, 5.74) is -0.596. The van der Waals surface area contributed by atoms with Crippen LogP contribution in [0.1, 0.15) is 31.7 Å². The maximum absolute atomic E-state index is 12.0. The lowest BCUT2D eigenvalue weighted by atomic mass is 10.2. The first-order chi connectivity index (χ1) is 9.15. The molecule has 0 bridgehead atoms. The fraction of sp³-hybridized carbons (Fsp3) is 0.615. The van der Waals surface area contributed by atoms with Gasteiger partial charge in [-0.2, -0.15) is 0 Å². The summed E-state index contributed by atoms with van der Waals surface area (Å²) in [7, 11) is 5.29. The Morgan fingerprint density at radius 2 is 2.00 bits per heavy atom. The first kappa shape index (κ1) is 16.4. The second-order valence-electron chi connectivity index (χ2n) is 5.61. The first-order valence-corrected chi connectivity index (χ1v) is 7.01. The van der Waals surface area contributed by atoms with Crippen molar-refractivity contribution in [3.8, 4) is 0 Å². The van der Waals surface area contributed by atoms with Crippen LogP contribution in [-0.2, 0) is 9.53 Å². The zero-order valence-corrected chi connectivity index (χ0v) is 13.5. The van der Waals surface area contributed by atoms with E-state index in [1.165, 1.54) is 16.2 Å². The van der Waals surface area contributed by atoms with Crippen molar-refractivity contribution < 1.29 is 14.3 Å². The summed E-state index contributed by atoms with van der Waals surface area (Å²) < 4.78 is 5.26. The van der Waals surface area contributed by atoms with Crippen molar-refractivity contribution >= 4 is 28.8 Å². The van der Waals surface area contributed by atoms with E-state index in [0.717, 1.165) is 11.4 Å².